The molecule has 2 atom stereocenters. The van der Waals surface area contributed by atoms with E-state index in [0.717, 1.165) is 59.8 Å². The van der Waals surface area contributed by atoms with Crippen molar-refractivity contribution in [1.82, 2.24) is 9.55 Å². The second-order valence-electron chi connectivity index (χ2n) is 7.52. The minimum Gasteiger partial charge on any atom is -0.381 e. The summed E-state index contributed by atoms with van der Waals surface area (Å²) in [5.74, 6) is 1.50. The molecule has 3 heterocycles. The van der Waals surface area contributed by atoms with E-state index in [1.165, 1.54) is 10.4 Å². The van der Waals surface area contributed by atoms with E-state index in [4.69, 9.17) is 14.5 Å². The van der Waals surface area contributed by atoms with Gasteiger partial charge in [-0.1, -0.05) is 18.7 Å². The van der Waals surface area contributed by atoms with E-state index in [1.807, 2.05) is 11.5 Å². The Balaban J connectivity index is 1.72. The van der Waals surface area contributed by atoms with Gasteiger partial charge in [0.25, 0.3) is 5.56 Å². The molecule has 1 aliphatic heterocycles. The van der Waals surface area contributed by atoms with Crippen molar-refractivity contribution in [3.63, 3.8) is 0 Å². The smallest absolute Gasteiger partial charge is 0.263 e. The number of hydrogen-bond donors (Lipinski definition) is 0. The lowest BCUT2D eigenvalue weighted by atomic mass is 9.89. The molecule has 1 fully saturated rings. The Morgan fingerprint density at radius 2 is 2.30 bits per heavy atom. The third kappa shape index (κ3) is 4.11. The van der Waals surface area contributed by atoms with Crippen LogP contribution in [-0.2, 0) is 28.9 Å². The molecule has 0 spiro atoms. The van der Waals surface area contributed by atoms with E-state index < -0.39 is 0 Å². The topological polar surface area (TPSA) is 53.3 Å². The first-order valence-electron chi connectivity index (χ1n) is 10.0. The predicted molar refractivity (Wildman–Crippen MR) is 111 cm³/mol. The van der Waals surface area contributed by atoms with E-state index in [0.29, 0.717) is 25.7 Å². The maximum atomic E-state index is 13.5. The van der Waals surface area contributed by atoms with Crippen LogP contribution in [0.1, 0.15) is 43.6 Å². The number of ether oxygens (including phenoxy) is 2. The second kappa shape index (κ2) is 8.64. The molecule has 0 unspecified atom stereocenters. The van der Waals surface area contributed by atoms with Crippen LogP contribution in [0.2, 0.25) is 0 Å². The number of thiophene rings is 1. The van der Waals surface area contributed by atoms with Gasteiger partial charge in [0.15, 0.2) is 5.16 Å². The fourth-order valence-electron chi connectivity index (χ4n) is 4.00. The SMILES string of the molecule is CCOCCSc1nc2sc3c(c2c(=O)n1C[C@H]1CCCO1)CC[C@@H](C)C3. The molecule has 2 aromatic rings. The highest BCUT2D eigenvalue weighted by Gasteiger charge is 2.26. The Kier molecular flexibility index (Phi) is 6.21. The molecule has 4 rings (SSSR count). The van der Waals surface area contributed by atoms with Crippen molar-refractivity contribution in [3.8, 4) is 0 Å². The van der Waals surface area contributed by atoms with Gasteiger partial charge in [-0.05, 0) is 50.5 Å². The van der Waals surface area contributed by atoms with Crippen LogP contribution in [0.15, 0.2) is 9.95 Å². The fraction of sp³-hybridized carbons (Fsp3) is 0.700. The zero-order valence-electron chi connectivity index (χ0n) is 16.2. The van der Waals surface area contributed by atoms with Crippen LogP contribution in [0.3, 0.4) is 0 Å². The third-order valence-corrected chi connectivity index (χ3v) is 7.54. The quantitative estimate of drug-likeness (QED) is 0.395. The number of thioether (sulfide) groups is 1. The van der Waals surface area contributed by atoms with E-state index >= 15 is 0 Å². The van der Waals surface area contributed by atoms with Gasteiger partial charge in [-0.25, -0.2) is 4.98 Å². The Bertz CT molecular complexity index is 855. The van der Waals surface area contributed by atoms with Crippen LogP contribution in [0.25, 0.3) is 10.2 Å². The molecule has 0 radical (unpaired) electrons. The summed E-state index contributed by atoms with van der Waals surface area (Å²) in [6, 6.07) is 0. The number of aromatic nitrogens is 2. The van der Waals surface area contributed by atoms with Crippen molar-refractivity contribution in [3.05, 3.63) is 20.8 Å². The van der Waals surface area contributed by atoms with Gasteiger partial charge < -0.3 is 9.47 Å². The van der Waals surface area contributed by atoms with Gasteiger partial charge in [0.2, 0.25) is 0 Å². The van der Waals surface area contributed by atoms with Crippen LogP contribution < -0.4 is 5.56 Å². The van der Waals surface area contributed by atoms with Gasteiger partial charge in [-0.3, -0.25) is 9.36 Å². The highest BCUT2D eigenvalue weighted by atomic mass is 32.2. The zero-order chi connectivity index (χ0) is 18.8. The predicted octanol–water partition coefficient (Wildman–Crippen LogP) is 3.89. The van der Waals surface area contributed by atoms with Crippen molar-refractivity contribution in [1.29, 1.82) is 0 Å². The van der Waals surface area contributed by atoms with Crippen molar-refractivity contribution in [2.75, 3.05) is 25.6 Å². The number of aryl methyl sites for hydroxylation is 1. The molecule has 5 nitrogen and oxygen atoms in total. The Morgan fingerprint density at radius 3 is 3.07 bits per heavy atom. The monoisotopic (exact) mass is 408 g/mol. The number of rotatable bonds is 7. The Hall–Kier alpha value is -0.890. The summed E-state index contributed by atoms with van der Waals surface area (Å²) in [6.45, 7) is 7.09. The first-order chi connectivity index (χ1) is 13.2. The maximum absolute atomic E-state index is 13.5. The summed E-state index contributed by atoms with van der Waals surface area (Å²) in [5, 5.41) is 1.68. The standard InChI is InChI=1S/C20H28N2O3S2/c1-3-24-9-10-26-20-21-18-17(15-7-6-13(2)11-16(15)27-18)19(23)22(20)12-14-5-4-8-25-14/h13-14H,3-12H2,1-2H3/t13-,14-/m1/s1. The summed E-state index contributed by atoms with van der Waals surface area (Å²) in [4.78, 5) is 20.7. The molecule has 0 aromatic carbocycles. The number of nitrogens with zero attached hydrogens (tertiary/aromatic N) is 2. The summed E-state index contributed by atoms with van der Waals surface area (Å²) < 4.78 is 13.2. The Labute approximate surface area is 168 Å². The molecule has 0 amide bonds. The second-order valence-corrected chi connectivity index (χ2v) is 9.67. The highest BCUT2D eigenvalue weighted by molar-refractivity contribution is 7.99. The number of hydrogen-bond acceptors (Lipinski definition) is 6. The lowest BCUT2D eigenvalue weighted by Crippen LogP contribution is -2.29. The minimum absolute atomic E-state index is 0.126. The summed E-state index contributed by atoms with van der Waals surface area (Å²) in [7, 11) is 0. The van der Waals surface area contributed by atoms with Gasteiger partial charge in [0.1, 0.15) is 4.83 Å². The molecular weight excluding hydrogens is 380 g/mol. The lowest BCUT2D eigenvalue weighted by Gasteiger charge is -2.18. The van der Waals surface area contributed by atoms with Gasteiger partial charge in [0, 0.05) is 23.8 Å². The lowest BCUT2D eigenvalue weighted by molar-refractivity contribution is 0.0937. The number of fused-ring (bicyclic) bond motifs is 3. The van der Waals surface area contributed by atoms with Crippen LogP contribution in [0.5, 0.6) is 0 Å². The van der Waals surface area contributed by atoms with Gasteiger partial charge in [-0.2, -0.15) is 0 Å². The van der Waals surface area contributed by atoms with Crippen LogP contribution in [0, 0.1) is 5.92 Å². The van der Waals surface area contributed by atoms with E-state index in [9.17, 15) is 4.79 Å². The van der Waals surface area contributed by atoms with Gasteiger partial charge in [0.05, 0.1) is 24.6 Å². The van der Waals surface area contributed by atoms with E-state index in [-0.39, 0.29) is 11.7 Å². The molecule has 27 heavy (non-hydrogen) atoms. The summed E-state index contributed by atoms with van der Waals surface area (Å²) in [5.41, 5.74) is 1.39. The molecule has 148 valence electrons. The van der Waals surface area contributed by atoms with E-state index in [2.05, 4.69) is 6.92 Å². The molecular formula is C20H28N2O3S2. The van der Waals surface area contributed by atoms with Crippen molar-refractivity contribution in [2.45, 2.75) is 63.8 Å². The maximum Gasteiger partial charge on any atom is 0.263 e. The molecule has 0 bridgehead atoms. The normalized spacial score (nSPS) is 22.4. The molecule has 0 saturated carbocycles. The fourth-order valence-corrected chi connectivity index (χ4v) is 6.29. The van der Waals surface area contributed by atoms with Crippen molar-refractivity contribution < 1.29 is 9.47 Å². The van der Waals surface area contributed by atoms with Gasteiger partial charge >= 0.3 is 0 Å². The average molecular weight is 409 g/mol. The molecule has 0 N–H and O–H groups in total. The van der Waals surface area contributed by atoms with Crippen molar-refractivity contribution in [2.24, 2.45) is 5.92 Å². The molecule has 7 heteroatoms. The largest absolute Gasteiger partial charge is 0.381 e. The molecule has 1 aliphatic carbocycles. The minimum atomic E-state index is 0.126. The summed E-state index contributed by atoms with van der Waals surface area (Å²) >= 11 is 3.35. The first kappa shape index (κ1) is 19.4. The van der Waals surface area contributed by atoms with Crippen LogP contribution in [-0.4, -0.2) is 41.2 Å². The third-order valence-electron chi connectivity index (χ3n) is 5.45. The van der Waals surface area contributed by atoms with Crippen LogP contribution >= 0.6 is 23.1 Å². The van der Waals surface area contributed by atoms with Crippen molar-refractivity contribution >= 4 is 33.3 Å². The first-order valence-corrected chi connectivity index (χ1v) is 11.8. The summed E-state index contributed by atoms with van der Waals surface area (Å²) in [6.07, 6.45) is 5.47. The molecule has 2 aromatic heterocycles. The molecule has 2 aliphatic rings. The highest BCUT2D eigenvalue weighted by Crippen LogP contribution is 2.36. The van der Waals surface area contributed by atoms with Gasteiger partial charge in [-0.15, -0.1) is 11.3 Å². The Morgan fingerprint density at radius 1 is 1.41 bits per heavy atom. The van der Waals surface area contributed by atoms with Crippen LogP contribution in [0.4, 0.5) is 0 Å². The van der Waals surface area contributed by atoms with E-state index in [1.54, 1.807) is 23.1 Å². The zero-order valence-corrected chi connectivity index (χ0v) is 17.8. The average Bonchev–Trinajstić information content (AvgIpc) is 3.28. The molecule has 1 saturated heterocycles.